The molecule has 5 heteroatoms. The molecule has 1 saturated heterocycles. The number of ether oxygens (including phenoxy) is 1. The highest BCUT2D eigenvalue weighted by Gasteiger charge is 2.27. The Hall–Kier alpha value is -1.88. The number of rotatable bonds is 5. The summed E-state index contributed by atoms with van der Waals surface area (Å²) in [4.78, 5) is 28.5. The van der Waals surface area contributed by atoms with E-state index in [1.807, 2.05) is 30.0 Å². The van der Waals surface area contributed by atoms with Gasteiger partial charge in [-0.15, -0.1) is 0 Å². The first-order chi connectivity index (χ1) is 11.7. The van der Waals surface area contributed by atoms with Crippen LogP contribution in [0.15, 0.2) is 24.3 Å². The molecule has 1 aromatic rings. The second-order valence-corrected chi connectivity index (χ2v) is 6.54. The Bertz CT molecular complexity index is 594. The van der Waals surface area contributed by atoms with Crippen molar-refractivity contribution in [1.82, 2.24) is 4.90 Å². The fourth-order valence-corrected chi connectivity index (χ4v) is 3.64. The topological polar surface area (TPSA) is 49.9 Å². The first kappa shape index (κ1) is 17.0. The number of hydrogen-bond acceptors (Lipinski definition) is 4. The molecule has 2 aliphatic heterocycles. The van der Waals surface area contributed by atoms with Crippen molar-refractivity contribution in [3.05, 3.63) is 29.8 Å². The highest BCUT2D eigenvalue weighted by atomic mass is 16.5. The van der Waals surface area contributed by atoms with Crippen LogP contribution < -0.4 is 4.90 Å². The molecule has 1 fully saturated rings. The van der Waals surface area contributed by atoms with E-state index in [1.54, 1.807) is 0 Å². The van der Waals surface area contributed by atoms with Gasteiger partial charge in [-0.3, -0.25) is 9.59 Å². The average Bonchev–Trinajstić information content (AvgIpc) is 3.04. The van der Waals surface area contributed by atoms with E-state index in [9.17, 15) is 9.59 Å². The van der Waals surface area contributed by atoms with Crippen LogP contribution in [-0.4, -0.2) is 49.6 Å². The molecule has 0 spiro atoms. The molecule has 0 aromatic heterocycles. The number of nitrogens with zero attached hydrogens (tertiary/aromatic N) is 2. The third-order valence-electron chi connectivity index (χ3n) is 5.04. The van der Waals surface area contributed by atoms with Crippen LogP contribution >= 0.6 is 0 Å². The molecule has 0 saturated carbocycles. The number of hydrogen-bond donors (Lipinski definition) is 0. The Kier molecular flexibility index (Phi) is 5.51. The molecule has 0 aliphatic carbocycles. The molecule has 0 atom stereocenters. The number of carbonyl (C=O) groups excluding carboxylic acids is 2. The molecule has 1 aromatic carbocycles. The lowest BCUT2D eigenvalue weighted by Crippen LogP contribution is -2.39. The van der Waals surface area contributed by atoms with Gasteiger partial charge < -0.3 is 14.5 Å². The van der Waals surface area contributed by atoms with E-state index >= 15 is 0 Å². The van der Waals surface area contributed by atoms with E-state index in [2.05, 4.69) is 11.0 Å². The second kappa shape index (κ2) is 7.79. The van der Waals surface area contributed by atoms with Crippen molar-refractivity contribution in [3.8, 4) is 0 Å². The summed E-state index contributed by atoms with van der Waals surface area (Å²) in [5.74, 6) is 0.164. The quantitative estimate of drug-likeness (QED) is 0.777. The van der Waals surface area contributed by atoms with Gasteiger partial charge in [-0.1, -0.05) is 18.2 Å². The minimum absolute atomic E-state index is 0.0300. The van der Waals surface area contributed by atoms with Crippen LogP contribution in [0, 0.1) is 5.92 Å². The number of fused-ring (bicyclic) bond motifs is 1. The maximum absolute atomic E-state index is 12.5. The summed E-state index contributed by atoms with van der Waals surface area (Å²) >= 11 is 0. The number of esters is 1. The van der Waals surface area contributed by atoms with Gasteiger partial charge >= 0.3 is 5.97 Å². The Morgan fingerprint density at radius 1 is 1.17 bits per heavy atom. The van der Waals surface area contributed by atoms with E-state index in [0.29, 0.717) is 13.0 Å². The fraction of sp³-hybridized carbons (Fsp3) is 0.579. The fourth-order valence-electron chi connectivity index (χ4n) is 3.64. The zero-order chi connectivity index (χ0) is 16.9. The maximum Gasteiger partial charge on any atom is 0.309 e. The number of carbonyl (C=O) groups is 2. The van der Waals surface area contributed by atoms with Crippen LogP contribution in [0.25, 0.3) is 0 Å². The van der Waals surface area contributed by atoms with Crippen LogP contribution in [0.5, 0.6) is 0 Å². The van der Waals surface area contributed by atoms with E-state index in [0.717, 1.165) is 51.1 Å². The summed E-state index contributed by atoms with van der Waals surface area (Å²) in [6, 6.07) is 8.15. The SMILES string of the molecule is CCOC(=O)C1CCN(CCC(=O)N2CCc3ccccc32)CC1. The van der Waals surface area contributed by atoms with Crippen molar-refractivity contribution in [2.45, 2.75) is 32.6 Å². The van der Waals surface area contributed by atoms with Gasteiger partial charge in [0, 0.05) is 25.2 Å². The van der Waals surface area contributed by atoms with Crippen LogP contribution in [0.1, 0.15) is 31.7 Å². The number of amides is 1. The number of likely N-dealkylation sites (tertiary alicyclic amines) is 1. The zero-order valence-electron chi connectivity index (χ0n) is 14.4. The van der Waals surface area contributed by atoms with Crippen molar-refractivity contribution in [1.29, 1.82) is 0 Å². The lowest BCUT2D eigenvalue weighted by Gasteiger charge is -2.31. The third kappa shape index (κ3) is 3.78. The smallest absolute Gasteiger partial charge is 0.309 e. The summed E-state index contributed by atoms with van der Waals surface area (Å²) in [7, 11) is 0. The molecule has 0 unspecified atom stereocenters. The third-order valence-corrected chi connectivity index (χ3v) is 5.04. The predicted octanol–water partition coefficient (Wildman–Crippen LogP) is 2.24. The molecule has 2 aliphatic rings. The molecule has 0 bridgehead atoms. The summed E-state index contributed by atoms with van der Waals surface area (Å²) in [5.41, 5.74) is 2.34. The molecule has 3 rings (SSSR count). The first-order valence-corrected chi connectivity index (χ1v) is 8.96. The number of benzene rings is 1. The molecular formula is C19H26N2O3. The van der Waals surface area contributed by atoms with Gasteiger partial charge in [0.15, 0.2) is 0 Å². The molecular weight excluding hydrogens is 304 g/mol. The summed E-state index contributed by atoms with van der Waals surface area (Å²) in [5, 5.41) is 0. The van der Waals surface area contributed by atoms with Crippen molar-refractivity contribution in [3.63, 3.8) is 0 Å². The van der Waals surface area contributed by atoms with E-state index < -0.39 is 0 Å². The van der Waals surface area contributed by atoms with Gasteiger partial charge in [0.2, 0.25) is 5.91 Å². The largest absolute Gasteiger partial charge is 0.466 e. The molecule has 5 nitrogen and oxygen atoms in total. The van der Waals surface area contributed by atoms with Gasteiger partial charge in [-0.25, -0.2) is 0 Å². The van der Waals surface area contributed by atoms with Gasteiger partial charge in [0.25, 0.3) is 0 Å². The Morgan fingerprint density at radius 3 is 2.67 bits per heavy atom. The number of anilines is 1. The molecule has 1 amide bonds. The first-order valence-electron chi connectivity index (χ1n) is 8.96. The highest BCUT2D eigenvalue weighted by molar-refractivity contribution is 5.95. The minimum Gasteiger partial charge on any atom is -0.466 e. The lowest BCUT2D eigenvalue weighted by atomic mass is 9.97. The lowest BCUT2D eigenvalue weighted by molar-refractivity contribution is -0.149. The van der Waals surface area contributed by atoms with Crippen LogP contribution in [0.3, 0.4) is 0 Å². The van der Waals surface area contributed by atoms with Crippen LogP contribution in [0.4, 0.5) is 5.69 Å². The van der Waals surface area contributed by atoms with Gasteiger partial charge in [-0.2, -0.15) is 0 Å². The highest BCUT2D eigenvalue weighted by Crippen LogP contribution is 2.28. The van der Waals surface area contributed by atoms with Gasteiger partial charge in [-0.05, 0) is 50.9 Å². The Morgan fingerprint density at radius 2 is 1.92 bits per heavy atom. The van der Waals surface area contributed by atoms with Crippen molar-refractivity contribution in [2.75, 3.05) is 37.7 Å². The van der Waals surface area contributed by atoms with E-state index in [1.165, 1.54) is 5.56 Å². The van der Waals surface area contributed by atoms with E-state index in [4.69, 9.17) is 4.74 Å². The number of piperidine rings is 1. The molecule has 24 heavy (non-hydrogen) atoms. The van der Waals surface area contributed by atoms with Crippen molar-refractivity contribution >= 4 is 17.6 Å². The Labute approximate surface area is 143 Å². The second-order valence-electron chi connectivity index (χ2n) is 6.54. The maximum atomic E-state index is 12.5. The van der Waals surface area contributed by atoms with E-state index in [-0.39, 0.29) is 17.8 Å². The molecule has 2 heterocycles. The average molecular weight is 330 g/mol. The molecule has 130 valence electrons. The van der Waals surface area contributed by atoms with Gasteiger partial charge in [0.05, 0.1) is 12.5 Å². The predicted molar refractivity (Wildman–Crippen MR) is 92.9 cm³/mol. The van der Waals surface area contributed by atoms with Crippen molar-refractivity contribution < 1.29 is 14.3 Å². The molecule has 0 N–H and O–H groups in total. The standard InChI is InChI=1S/C19H26N2O3/c1-2-24-19(23)16-7-11-20(12-8-16)13-10-18(22)21-14-9-15-5-3-4-6-17(15)21/h3-6,16H,2,7-14H2,1H3. The van der Waals surface area contributed by atoms with Crippen LogP contribution in [0.2, 0.25) is 0 Å². The number of para-hydroxylation sites is 1. The van der Waals surface area contributed by atoms with Gasteiger partial charge in [0.1, 0.15) is 0 Å². The van der Waals surface area contributed by atoms with Crippen molar-refractivity contribution in [2.24, 2.45) is 5.92 Å². The minimum atomic E-state index is -0.0677. The molecule has 0 radical (unpaired) electrons. The normalized spacial score (nSPS) is 18.5. The zero-order valence-corrected chi connectivity index (χ0v) is 14.4. The summed E-state index contributed by atoms with van der Waals surface area (Å²) in [6.45, 7) is 5.59. The Balaban J connectivity index is 1.44. The summed E-state index contributed by atoms with van der Waals surface area (Å²) < 4.78 is 5.10. The van der Waals surface area contributed by atoms with Crippen LogP contribution in [-0.2, 0) is 20.7 Å². The summed E-state index contributed by atoms with van der Waals surface area (Å²) in [6.07, 6.45) is 3.16. The monoisotopic (exact) mass is 330 g/mol.